The van der Waals surface area contributed by atoms with Crippen LogP contribution < -0.4 is 5.43 Å². The number of fused-ring (bicyclic) bond motifs is 1. The topological polar surface area (TPSA) is 42.3 Å². The lowest BCUT2D eigenvalue weighted by Gasteiger charge is -2.26. The van der Waals surface area contributed by atoms with Gasteiger partial charge in [-0.1, -0.05) is 74.0 Å². The van der Waals surface area contributed by atoms with Gasteiger partial charge in [0.05, 0.1) is 16.8 Å². The number of amides is 1. The lowest BCUT2D eigenvalue weighted by Crippen LogP contribution is -2.36. The number of carbonyl (C=O) groups excluding carboxylic acids is 1. The Morgan fingerprint density at radius 2 is 1.47 bits per heavy atom. The Balaban J connectivity index is 2.10. The molecule has 0 saturated carbocycles. The maximum absolute atomic E-state index is 14.1. The fourth-order valence-electron chi connectivity index (χ4n) is 4.96. The maximum Gasteiger partial charge on any atom is 0.242 e. The number of rotatable bonds is 8. The second kappa shape index (κ2) is 10.9. The Kier molecular flexibility index (Phi) is 7.73. The Labute approximate surface area is 214 Å². The van der Waals surface area contributed by atoms with Gasteiger partial charge in [0, 0.05) is 24.0 Å². The molecule has 0 aliphatic carbocycles. The molecule has 0 N–H and O–H groups in total. The van der Waals surface area contributed by atoms with E-state index in [4.69, 9.17) is 0 Å². The molecule has 0 atom stereocenters. The number of pyridine rings is 1. The van der Waals surface area contributed by atoms with Crippen molar-refractivity contribution in [3.05, 3.63) is 93.6 Å². The van der Waals surface area contributed by atoms with Crippen molar-refractivity contribution < 1.29 is 4.79 Å². The number of aromatic nitrogens is 1. The van der Waals surface area contributed by atoms with Crippen LogP contribution in [-0.2, 0) is 11.3 Å². The molecule has 36 heavy (non-hydrogen) atoms. The highest BCUT2D eigenvalue weighted by atomic mass is 16.2. The summed E-state index contributed by atoms with van der Waals surface area (Å²) in [4.78, 5) is 29.7. The van der Waals surface area contributed by atoms with Crippen LogP contribution >= 0.6 is 0 Å². The van der Waals surface area contributed by atoms with E-state index in [-0.39, 0.29) is 17.9 Å². The molecule has 0 aliphatic heterocycles. The molecule has 4 aromatic rings. The van der Waals surface area contributed by atoms with E-state index < -0.39 is 0 Å². The van der Waals surface area contributed by atoms with Crippen LogP contribution in [0.1, 0.15) is 43.4 Å². The first-order valence-electron chi connectivity index (χ1n) is 12.9. The van der Waals surface area contributed by atoms with Gasteiger partial charge in [-0.3, -0.25) is 9.59 Å². The third kappa shape index (κ3) is 4.99. The van der Waals surface area contributed by atoms with Gasteiger partial charge in [-0.15, -0.1) is 0 Å². The molecule has 0 bridgehead atoms. The Morgan fingerprint density at radius 3 is 2.11 bits per heavy atom. The quantitative estimate of drug-likeness (QED) is 0.275. The number of aryl methyl sites for hydroxylation is 3. The average molecular weight is 481 g/mol. The van der Waals surface area contributed by atoms with E-state index >= 15 is 0 Å². The van der Waals surface area contributed by atoms with E-state index in [0.717, 1.165) is 65.0 Å². The van der Waals surface area contributed by atoms with E-state index in [1.54, 1.807) is 0 Å². The SMILES string of the molecule is CCCN(CCC)C(=O)Cn1c(-c2ccccc2C)c(-c2ccc(C)cc2)c(=O)c2ccc(C)cc21. The third-order valence-electron chi connectivity index (χ3n) is 6.80. The van der Waals surface area contributed by atoms with E-state index in [1.807, 2.05) is 73.3 Å². The standard InChI is InChI=1S/C32H36N2O2/c1-6-18-33(19-7-2)29(35)21-34-28-20-23(4)14-17-27(28)32(36)30(25-15-12-22(3)13-16-25)31(34)26-11-9-8-10-24(26)5/h8-17,20H,6-7,18-19,21H2,1-5H3. The molecule has 4 nitrogen and oxygen atoms in total. The average Bonchev–Trinajstić information content (AvgIpc) is 2.86. The molecule has 1 amide bonds. The molecule has 0 aliphatic rings. The Bertz CT molecular complexity index is 1440. The molecule has 0 saturated heterocycles. The van der Waals surface area contributed by atoms with Crippen molar-refractivity contribution >= 4 is 16.8 Å². The van der Waals surface area contributed by atoms with Gasteiger partial charge in [-0.05, 0) is 62.4 Å². The van der Waals surface area contributed by atoms with Crippen LogP contribution in [0.2, 0.25) is 0 Å². The minimum atomic E-state index is -0.00484. The molecule has 4 rings (SSSR count). The zero-order chi connectivity index (χ0) is 25.8. The summed E-state index contributed by atoms with van der Waals surface area (Å²) in [5.41, 5.74) is 7.35. The lowest BCUT2D eigenvalue weighted by atomic mass is 9.93. The summed E-state index contributed by atoms with van der Waals surface area (Å²) in [7, 11) is 0. The van der Waals surface area contributed by atoms with E-state index in [9.17, 15) is 9.59 Å². The molecule has 0 fully saturated rings. The number of benzene rings is 3. The third-order valence-corrected chi connectivity index (χ3v) is 6.80. The van der Waals surface area contributed by atoms with Gasteiger partial charge in [0.1, 0.15) is 6.54 Å². The van der Waals surface area contributed by atoms with Gasteiger partial charge in [0.15, 0.2) is 5.43 Å². The highest BCUT2D eigenvalue weighted by Gasteiger charge is 2.23. The minimum absolute atomic E-state index is 0.00484. The fourth-order valence-corrected chi connectivity index (χ4v) is 4.96. The lowest BCUT2D eigenvalue weighted by molar-refractivity contribution is -0.131. The summed E-state index contributed by atoms with van der Waals surface area (Å²) >= 11 is 0. The van der Waals surface area contributed by atoms with Crippen LogP contribution in [0.5, 0.6) is 0 Å². The first kappa shape index (κ1) is 25.4. The predicted octanol–water partition coefficient (Wildman–Crippen LogP) is 6.91. The summed E-state index contributed by atoms with van der Waals surface area (Å²) in [6.45, 7) is 12.0. The Hall–Kier alpha value is -3.66. The summed E-state index contributed by atoms with van der Waals surface area (Å²) in [5, 5.41) is 0.638. The monoisotopic (exact) mass is 480 g/mol. The van der Waals surface area contributed by atoms with Gasteiger partial charge < -0.3 is 9.47 Å². The molecule has 1 heterocycles. The summed E-state index contributed by atoms with van der Waals surface area (Å²) < 4.78 is 2.09. The van der Waals surface area contributed by atoms with Crippen LogP contribution in [0.4, 0.5) is 0 Å². The van der Waals surface area contributed by atoms with Crippen LogP contribution in [0, 0.1) is 20.8 Å². The molecule has 1 aromatic heterocycles. The molecule has 0 unspecified atom stereocenters. The maximum atomic E-state index is 14.1. The molecule has 0 spiro atoms. The van der Waals surface area contributed by atoms with Gasteiger partial charge in [0.2, 0.25) is 5.91 Å². The van der Waals surface area contributed by atoms with Crippen LogP contribution in [0.15, 0.2) is 71.5 Å². The first-order chi connectivity index (χ1) is 17.3. The van der Waals surface area contributed by atoms with Gasteiger partial charge >= 0.3 is 0 Å². The predicted molar refractivity (Wildman–Crippen MR) is 150 cm³/mol. The first-order valence-corrected chi connectivity index (χ1v) is 12.9. The van der Waals surface area contributed by atoms with Crippen molar-refractivity contribution in [1.82, 2.24) is 9.47 Å². The highest BCUT2D eigenvalue weighted by Crippen LogP contribution is 2.35. The number of carbonyl (C=O) groups is 1. The molecular formula is C32H36N2O2. The highest BCUT2D eigenvalue weighted by molar-refractivity contribution is 5.94. The minimum Gasteiger partial charge on any atom is -0.341 e. The number of nitrogens with zero attached hydrogens (tertiary/aromatic N) is 2. The van der Waals surface area contributed by atoms with E-state index in [2.05, 4.69) is 37.5 Å². The Morgan fingerprint density at radius 1 is 0.833 bits per heavy atom. The zero-order valence-electron chi connectivity index (χ0n) is 22.1. The fraction of sp³-hybridized carbons (Fsp3) is 0.312. The zero-order valence-corrected chi connectivity index (χ0v) is 22.1. The number of hydrogen-bond donors (Lipinski definition) is 0. The van der Waals surface area contributed by atoms with Crippen molar-refractivity contribution in [3.63, 3.8) is 0 Å². The molecule has 186 valence electrons. The summed E-state index contributed by atoms with van der Waals surface area (Å²) in [6.07, 6.45) is 1.82. The van der Waals surface area contributed by atoms with Gasteiger partial charge in [0.25, 0.3) is 0 Å². The largest absolute Gasteiger partial charge is 0.341 e. The normalized spacial score (nSPS) is 11.1. The smallest absolute Gasteiger partial charge is 0.242 e. The summed E-state index contributed by atoms with van der Waals surface area (Å²) in [6, 6.07) is 22.1. The second-order valence-electron chi connectivity index (χ2n) is 9.72. The van der Waals surface area contributed by atoms with Crippen molar-refractivity contribution in [2.45, 2.75) is 54.0 Å². The van der Waals surface area contributed by atoms with Gasteiger partial charge in [-0.25, -0.2) is 0 Å². The van der Waals surface area contributed by atoms with Crippen molar-refractivity contribution in [2.75, 3.05) is 13.1 Å². The van der Waals surface area contributed by atoms with Crippen LogP contribution in [0.25, 0.3) is 33.3 Å². The number of hydrogen-bond acceptors (Lipinski definition) is 2. The van der Waals surface area contributed by atoms with Crippen molar-refractivity contribution in [1.29, 1.82) is 0 Å². The van der Waals surface area contributed by atoms with E-state index in [0.29, 0.717) is 10.9 Å². The molecule has 4 heteroatoms. The van der Waals surface area contributed by atoms with Gasteiger partial charge in [-0.2, -0.15) is 0 Å². The summed E-state index contributed by atoms with van der Waals surface area (Å²) in [5.74, 6) is 0.0786. The molecular weight excluding hydrogens is 444 g/mol. The molecule has 3 aromatic carbocycles. The van der Waals surface area contributed by atoms with Crippen molar-refractivity contribution in [3.8, 4) is 22.4 Å². The van der Waals surface area contributed by atoms with Crippen LogP contribution in [0.3, 0.4) is 0 Å². The van der Waals surface area contributed by atoms with E-state index in [1.165, 1.54) is 0 Å². The molecule has 0 radical (unpaired) electrons. The van der Waals surface area contributed by atoms with Crippen molar-refractivity contribution in [2.24, 2.45) is 0 Å². The van der Waals surface area contributed by atoms with Crippen LogP contribution in [-0.4, -0.2) is 28.5 Å². The second-order valence-corrected chi connectivity index (χ2v) is 9.72.